The Morgan fingerprint density at radius 3 is 1.85 bits per heavy atom. The average molecular weight is 372 g/mol. The highest BCUT2D eigenvalue weighted by molar-refractivity contribution is 5.68. The third kappa shape index (κ3) is 6.21. The minimum atomic E-state index is -1.29. The Balaban J connectivity index is 3.24. The third-order valence-corrected chi connectivity index (χ3v) is 3.20. The van der Waals surface area contributed by atoms with Gasteiger partial charge in [0.25, 0.3) is 0 Å². The first-order chi connectivity index (χ1) is 12.1. The molecule has 144 valence electrons. The molecule has 0 saturated carbocycles. The van der Waals surface area contributed by atoms with Crippen LogP contribution in [0.25, 0.3) is 0 Å². The Kier molecular flexibility index (Phi) is 7.79. The molecule has 1 rings (SSSR count). The minimum absolute atomic E-state index is 0.346. The lowest BCUT2D eigenvalue weighted by molar-refractivity contribution is -0.255. The van der Waals surface area contributed by atoms with Gasteiger partial charge in [-0.15, -0.1) is 0 Å². The first-order valence-electron chi connectivity index (χ1n) is 7.60. The number of nitrogens with one attached hydrogen (secondary N) is 1. The maximum absolute atomic E-state index is 11.5. The van der Waals surface area contributed by atoms with E-state index in [1.807, 2.05) is 0 Å². The quantitative estimate of drug-likeness (QED) is 0.268. The standard InChI is InChI=1S/C15H20N2O9/c1-7(18)22-5-11-12(23-8(2)19)13(24-9(3)20)14(25-10(4)21)15(26-11)17-6-16/h11-15,17H,5H2,1-4H3/t11-,12-,13+,14-,15-/m1/s1. The van der Waals surface area contributed by atoms with Crippen molar-refractivity contribution in [3.05, 3.63) is 0 Å². The topological polar surface area (TPSA) is 150 Å². The molecule has 0 aromatic rings. The summed E-state index contributed by atoms with van der Waals surface area (Å²) in [5, 5.41) is 11.2. The number of nitriles is 1. The van der Waals surface area contributed by atoms with E-state index in [2.05, 4.69) is 5.32 Å². The van der Waals surface area contributed by atoms with Crippen LogP contribution in [-0.4, -0.2) is 61.1 Å². The number of carbonyl (C=O) groups is 4. The Morgan fingerprint density at radius 2 is 1.38 bits per heavy atom. The minimum Gasteiger partial charge on any atom is -0.463 e. The molecule has 1 N–H and O–H groups in total. The molecule has 11 heteroatoms. The molecule has 0 aromatic heterocycles. The summed E-state index contributed by atoms with van der Waals surface area (Å²) in [6.07, 6.45) is -4.48. The van der Waals surface area contributed by atoms with Crippen molar-refractivity contribution in [1.82, 2.24) is 5.32 Å². The van der Waals surface area contributed by atoms with Crippen LogP contribution in [0.4, 0.5) is 0 Å². The fourth-order valence-corrected chi connectivity index (χ4v) is 2.41. The van der Waals surface area contributed by atoms with Crippen molar-refractivity contribution < 1.29 is 42.9 Å². The average Bonchev–Trinajstić information content (AvgIpc) is 2.50. The molecule has 0 unspecified atom stereocenters. The van der Waals surface area contributed by atoms with Crippen molar-refractivity contribution in [2.75, 3.05) is 6.61 Å². The second-order valence-corrected chi connectivity index (χ2v) is 5.38. The summed E-state index contributed by atoms with van der Waals surface area (Å²) in [6.45, 7) is 4.16. The lowest BCUT2D eigenvalue weighted by atomic mass is 9.97. The number of hydrogen-bond acceptors (Lipinski definition) is 11. The highest BCUT2D eigenvalue weighted by Crippen LogP contribution is 2.28. The van der Waals surface area contributed by atoms with Gasteiger partial charge in [-0.3, -0.25) is 24.5 Å². The van der Waals surface area contributed by atoms with E-state index in [-0.39, 0.29) is 6.61 Å². The largest absolute Gasteiger partial charge is 0.463 e. The predicted octanol–water partition coefficient (Wildman–Crippen LogP) is -0.860. The maximum atomic E-state index is 11.5. The summed E-state index contributed by atoms with van der Waals surface area (Å²) in [7, 11) is 0. The Labute approximate surface area is 149 Å². The van der Waals surface area contributed by atoms with Crippen LogP contribution in [0, 0.1) is 11.5 Å². The summed E-state index contributed by atoms with van der Waals surface area (Å²) in [5.41, 5.74) is 0. The molecular weight excluding hydrogens is 352 g/mol. The normalized spacial score (nSPS) is 27.4. The van der Waals surface area contributed by atoms with Crippen molar-refractivity contribution in [1.29, 1.82) is 5.26 Å². The fourth-order valence-electron chi connectivity index (χ4n) is 2.41. The molecule has 5 atom stereocenters. The van der Waals surface area contributed by atoms with Crippen LogP contribution in [0.1, 0.15) is 27.7 Å². The number of carbonyl (C=O) groups excluding carboxylic acids is 4. The maximum Gasteiger partial charge on any atom is 0.303 e. The summed E-state index contributed by atoms with van der Waals surface area (Å²) >= 11 is 0. The number of rotatable bonds is 6. The first kappa shape index (κ1) is 21.2. The van der Waals surface area contributed by atoms with Gasteiger partial charge in [0.05, 0.1) is 0 Å². The van der Waals surface area contributed by atoms with Gasteiger partial charge >= 0.3 is 23.9 Å². The van der Waals surface area contributed by atoms with Gasteiger partial charge in [0, 0.05) is 27.7 Å². The van der Waals surface area contributed by atoms with Gasteiger partial charge < -0.3 is 23.7 Å². The molecule has 1 heterocycles. The van der Waals surface area contributed by atoms with E-state index in [1.165, 1.54) is 6.92 Å². The van der Waals surface area contributed by atoms with Crippen molar-refractivity contribution in [3.8, 4) is 6.19 Å². The Bertz CT molecular complexity index is 600. The molecule has 1 aliphatic heterocycles. The monoisotopic (exact) mass is 372 g/mol. The van der Waals surface area contributed by atoms with E-state index < -0.39 is 54.5 Å². The molecule has 0 aromatic carbocycles. The Hall–Kier alpha value is -2.87. The molecule has 0 aliphatic carbocycles. The van der Waals surface area contributed by atoms with Gasteiger partial charge in [-0.1, -0.05) is 0 Å². The van der Waals surface area contributed by atoms with E-state index in [0.29, 0.717) is 0 Å². The van der Waals surface area contributed by atoms with Crippen LogP contribution < -0.4 is 5.32 Å². The molecule has 26 heavy (non-hydrogen) atoms. The van der Waals surface area contributed by atoms with Crippen molar-refractivity contribution in [3.63, 3.8) is 0 Å². The van der Waals surface area contributed by atoms with Crippen LogP contribution in [0.15, 0.2) is 0 Å². The van der Waals surface area contributed by atoms with E-state index in [4.69, 9.17) is 28.9 Å². The van der Waals surface area contributed by atoms with E-state index in [0.717, 1.165) is 20.8 Å². The zero-order valence-corrected chi connectivity index (χ0v) is 14.7. The van der Waals surface area contributed by atoms with E-state index >= 15 is 0 Å². The second-order valence-electron chi connectivity index (χ2n) is 5.38. The van der Waals surface area contributed by atoms with Crippen LogP contribution in [0.2, 0.25) is 0 Å². The zero-order chi connectivity index (χ0) is 19.9. The zero-order valence-electron chi connectivity index (χ0n) is 14.7. The number of nitrogens with zero attached hydrogens (tertiary/aromatic N) is 1. The molecule has 0 amide bonds. The van der Waals surface area contributed by atoms with Crippen LogP contribution >= 0.6 is 0 Å². The lowest BCUT2D eigenvalue weighted by Gasteiger charge is -2.43. The fraction of sp³-hybridized carbons (Fsp3) is 0.667. The highest BCUT2D eigenvalue weighted by Gasteiger charge is 2.52. The summed E-state index contributed by atoms with van der Waals surface area (Å²) in [4.78, 5) is 45.5. The van der Waals surface area contributed by atoms with Crippen LogP contribution in [0.5, 0.6) is 0 Å². The summed E-state index contributed by atoms with van der Waals surface area (Å²) in [5.74, 6) is -2.82. The first-order valence-corrected chi connectivity index (χ1v) is 7.60. The SMILES string of the molecule is CC(=O)OC[C@H]1O[C@@H](NC#N)[C@H](OC(C)=O)[C@@H](OC(C)=O)[C@@H]1OC(C)=O. The molecule has 1 aliphatic rings. The smallest absolute Gasteiger partial charge is 0.303 e. The lowest BCUT2D eigenvalue weighted by Crippen LogP contribution is -2.65. The summed E-state index contributed by atoms with van der Waals surface area (Å²) < 4.78 is 25.9. The summed E-state index contributed by atoms with van der Waals surface area (Å²) in [6, 6.07) is 0. The second kappa shape index (κ2) is 9.57. The van der Waals surface area contributed by atoms with Crippen molar-refractivity contribution >= 4 is 23.9 Å². The molecule has 0 bridgehead atoms. The van der Waals surface area contributed by atoms with Gasteiger partial charge in [-0.25, -0.2) is 0 Å². The third-order valence-electron chi connectivity index (χ3n) is 3.20. The van der Waals surface area contributed by atoms with Gasteiger partial charge in [-0.05, 0) is 0 Å². The molecular formula is C15H20N2O9. The molecule has 0 spiro atoms. The van der Waals surface area contributed by atoms with Crippen LogP contribution in [0.3, 0.4) is 0 Å². The highest BCUT2D eigenvalue weighted by atomic mass is 16.7. The van der Waals surface area contributed by atoms with Crippen LogP contribution in [-0.2, 0) is 42.9 Å². The molecule has 1 fully saturated rings. The van der Waals surface area contributed by atoms with E-state index in [9.17, 15) is 19.2 Å². The molecule has 0 radical (unpaired) electrons. The van der Waals surface area contributed by atoms with Crippen molar-refractivity contribution in [2.24, 2.45) is 0 Å². The van der Waals surface area contributed by atoms with Gasteiger partial charge in [0.1, 0.15) is 12.7 Å². The number of esters is 4. The Morgan fingerprint density at radius 1 is 0.885 bits per heavy atom. The van der Waals surface area contributed by atoms with Gasteiger partial charge in [0.2, 0.25) is 0 Å². The number of hydrogen-bond donors (Lipinski definition) is 1. The van der Waals surface area contributed by atoms with Gasteiger partial charge in [-0.2, -0.15) is 5.26 Å². The van der Waals surface area contributed by atoms with E-state index in [1.54, 1.807) is 6.19 Å². The van der Waals surface area contributed by atoms with Crippen molar-refractivity contribution in [2.45, 2.75) is 58.3 Å². The van der Waals surface area contributed by atoms with Gasteiger partial charge in [0.15, 0.2) is 30.7 Å². The predicted molar refractivity (Wildman–Crippen MR) is 80.7 cm³/mol. The number of ether oxygens (including phenoxy) is 5. The molecule has 1 saturated heterocycles. The molecule has 11 nitrogen and oxygen atoms in total.